The molecule has 0 spiro atoms. The number of nitrogen functional groups attached to an aromatic ring is 1. The highest BCUT2D eigenvalue weighted by atomic mass is 32.2. The summed E-state index contributed by atoms with van der Waals surface area (Å²) in [6.45, 7) is 0. The number of hydrogen-bond donors (Lipinski definition) is 2. The van der Waals surface area contributed by atoms with Crippen LogP contribution in [0.3, 0.4) is 0 Å². The van der Waals surface area contributed by atoms with Crippen molar-refractivity contribution in [1.29, 1.82) is 0 Å². The summed E-state index contributed by atoms with van der Waals surface area (Å²) in [4.78, 5) is 22.5. The van der Waals surface area contributed by atoms with Crippen LogP contribution >= 0.6 is 11.8 Å². The van der Waals surface area contributed by atoms with E-state index in [1.807, 2.05) is 6.07 Å². The highest BCUT2D eigenvalue weighted by Crippen LogP contribution is 2.25. The number of amides is 1. The van der Waals surface area contributed by atoms with Gasteiger partial charge in [0.1, 0.15) is 11.8 Å². The number of carbonyl (C=O) groups is 2. The minimum absolute atomic E-state index is 0.147. The Labute approximate surface area is 103 Å². The largest absolute Gasteiger partial charge is 0.495 e. The van der Waals surface area contributed by atoms with E-state index in [4.69, 9.17) is 10.5 Å². The van der Waals surface area contributed by atoms with Crippen molar-refractivity contribution in [3.63, 3.8) is 0 Å². The molecule has 3 N–H and O–H groups in total. The topological polar surface area (TPSA) is 81.4 Å². The fraction of sp³-hybridized carbons (Fsp3) is 0.273. The Hall–Kier alpha value is -1.69. The minimum Gasteiger partial charge on any atom is -0.495 e. The van der Waals surface area contributed by atoms with Crippen LogP contribution in [0.25, 0.3) is 0 Å². The lowest BCUT2D eigenvalue weighted by Crippen LogP contribution is -2.30. The zero-order valence-corrected chi connectivity index (χ0v) is 10.0. The van der Waals surface area contributed by atoms with Gasteiger partial charge in [-0.05, 0) is 17.7 Å². The van der Waals surface area contributed by atoms with Crippen LogP contribution in [0.5, 0.6) is 5.75 Å². The van der Waals surface area contributed by atoms with Crippen molar-refractivity contribution in [1.82, 2.24) is 5.32 Å². The third-order valence-electron chi connectivity index (χ3n) is 2.51. The highest BCUT2D eigenvalue weighted by molar-refractivity contribution is 8.26. The van der Waals surface area contributed by atoms with Gasteiger partial charge in [0.25, 0.3) is 5.24 Å². The van der Waals surface area contributed by atoms with E-state index in [1.54, 1.807) is 12.1 Å². The van der Waals surface area contributed by atoms with Crippen LogP contribution in [0.15, 0.2) is 18.2 Å². The Bertz CT molecular complexity index is 476. The van der Waals surface area contributed by atoms with E-state index in [1.165, 1.54) is 7.11 Å². The second-order valence-corrected chi connectivity index (χ2v) is 4.66. The molecule has 5 nitrogen and oxygen atoms in total. The van der Waals surface area contributed by atoms with Crippen LogP contribution in [0.2, 0.25) is 0 Å². The first-order valence-corrected chi connectivity index (χ1v) is 5.86. The van der Waals surface area contributed by atoms with Crippen LogP contribution < -0.4 is 15.8 Å². The summed E-state index contributed by atoms with van der Waals surface area (Å²) in [7, 11) is 1.54. The molecular weight excluding hydrogens is 240 g/mol. The molecule has 0 saturated carbocycles. The summed E-state index contributed by atoms with van der Waals surface area (Å²) in [6, 6.07) is 4.86. The zero-order valence-electron chi connectivity index (χ0n) is 9.23. The number of nitrogens with one attached hydrogen (secondary N) is 1. The number of thioether (sulfide) groups is 1. The van der Waals surface area contributed by atoms with E-state index >= 15 is 0 Å². The molecule has 1 aliphatic heterocycles. The maximum absolute atomic E-state index is 11.4. The summed E-state index contributed by atoms with van der Waals surface area (Å²) >= 11 is 0.716. The first-order chi connectivity index (χ1) is 8.10. The zero-order chi connectivity index (χ0) is 12.4. The molecule has 6 heteroatoms. The first-order valence-electron chi connectivity index (χ1n) is 5.04. The summed E-state index contributed by atoms with van der Waals surface area (Å²) in [5, 5.41) is 2.17. The van der Waals surface area contributed by atoms with E-state index in [-0.39, 0.29) is 10.4 Å². The van der Waals surface area contributed by atoms with Crippen LogP contribution in [0, 0.1) is 0 Å². The van der Waals surface area contributed by atoms with E-state index in [0.717, 1.165) is 5.56 Å². The van der Waals surface area contributed by atoms with Crippen LogP contribution in [-0.2, 0) is 11.2 Å². The van der Waals surface area contributed by atoms with Gasteiger partial charge in [-0.25, -0.2) is 0 Å². The fourth-order valence-electron chi connectivity index (χ4n) is 1.65. The molecule has 17 heavy (non-hydrogen) atoms. The second-order valence-electron chi connectivity index (χ2n) is 3.69. The van der Waals surface area contributed by atoms with Gasteiger partial charge in [0.15, 0.2) is 0 Å². The number of nitrogens with two attached hydrogens (primary N) is 1. The van der Waals surface area contributed by atoms with Gasteiger partial charge in [-0.1, -0.05) is 6.07 Å². The van der Waals surface area contributed by atoms with Crippen molar-refractivity contribution in [3.05, 3.63) is 23.8 Å². The van der Waals surface area contributed by atoms with Gasteiger partial charge in [0.05, 0.1) is 12.8 Å². The van der Waals surface area contributed by atoms with E-state index < -0.39 is 6.04 Å². The van der Waals surface area contributed by atoms with Gasteiger partial charge >= 0.3 is 0 Å². The van der Waals surface area contributed by atoms with Crippen molar-refractivity contribution in [3.8, 4) is 5.75 Å². The molecule has 1 aromatic rings. The average Bonchev–Trinajstić information content (AvgIpc) is 2.60. The summed E-state index contributed by atoms with van der Waals surface area (Å²) in [5.74, 6) is 0.576. The molecule has 1 aliphatic rings. The Morgan fingerprint density at radius 1 is 1.47 bits per heavy atom. The van der Waals surface area contributed by atoms with E-state index in [9.17, 15) is 9.59 Å². The molecular formula is C11H12N2O3S. The number of methoxy groups -OCH3 is 1. The molecule has 1 unspecified atom stereocenters. The smallest absolute Gasteiger partial charge is 0.287 e. The highest BCUT2D eigenvalue weighted by Gasteiger charge is 2.31. The Morgan fingerprint density at radius 3 is 2.82 bits per heavy atom. The molecule has 1 heterocycles. The van der Waals surface area contributed by atoms with Gasteiger partial charge in [-0.15, -0.1) is 0 Å². The van der Waals surface area contributed by atoms with Gasteiger partial charge < -0.3 is 15.8 Å². The van der Waals surface area contributed by atoms with Crippen molar-refractivity contribution in [2.75, 3.05) is 12.8 Å². The fourth-order valence-corrected chi connectivity index (χ4v) is 2.31. The molecule has 2 rings (SSSR count). The first kappa shape index (κ1) is 11.8. The van der Waals surface area contributed by atoms with Crippen molar-refractivity contribution in [2.45, 2.75) is 12.5 Å². The minimum atomic E-state index is -0.458. The quantitative estimate of drug-likeness (QED) is 0.789. The Kier molecular flexibility index (Phi) is 3.23. The lowest BCUT2D eigenvalue weighted by Gasteiger charge is -2.10. The average molecular weight is 252 g/mol. The Morgan fingerprint density at radius 2 is 2.24 bits per heavy atom. The maximum Gasteiger partial charge on any atom is 0.287 e. The van der Waals surface area contributed by atoms with Gasteiger partial charge in [-0.2, -0.15) is 0 Å². The summed E-state index contributed by atoms with van der Waals surface area (Å²) < 4.78 is 5.10. The van der Waals surface area contributed by atoms with Crippen LogP contribution in [0.4, 0.5) is 10.5 Å². The summed E-state index contributed by atoms with van der Waals surface area (Å²) in [6.07, 6.45) is 0.453. The van der Waals surface area contributed by atoms with Gasteiger partial charge in [0.2, 0.25) is 5.12 Å². The van der Waals surface area contributed by atoms with Crippen LogP contribution in [-0.4, -0.2) is 23.5 Å². The van der Waals surface area contributed by atoms with Crippen molar-refractivity contribution >= 4 is 27.8 Å². The molecule has 1 saturated heterocycles. The monoisotopic (exact) mass is 252 g/mol. The second kappa shape index (κ2) is 4.67. The van der Waals surface area contributed by atoms with E-state index in [0.29, 0.717) is 29.6 Å². The normalized spacial score (nSPS) is 19.2. The predicted molar refractivity (Wildman–Crippen MR) is 66.0 cm³/mol. The third-order valence-corrected chi connectivity index (χ3v) is 3.30. The van der Waals surface area contributed by atoms with Crippen molar-refractivity contribution in [2.24, 2.45) is 0 Å². The molecule has 0 aromatic heterocycles. The molecule has 90 valence electrons. The maximum atomic E-state index is 11.4. The SMILES string of the molecule is COc1cc(CC2NC(=O)SC2=O)ccc1N. The number of carbonyl (C=O) groups excluding carboxylic acids is 2. The standard InChI is InChI=1S/C11H12N2O3S/c1-16-9-5-6(2-3-7(9)12)4-8-10(14)17-11(15)13-8/h2-3,5,8H,4,12H2,1H3,(H,13,15). The number of benzene rings is 1. The van der Waals surface area contributed by atoms with Crippen molar-refractivity contribution < 1.29 is 14.3 Å². The molecule has 1 atom stereocenters. The number of hydrogen-bond acceptors (Lipinski definition) is 5. The van der Waals surface area contributed by atoms with Crippen LogP contribution in [0.1, 0.15) is 5.56 Å². The summed E-state index contributed by atoms with van der Waals surface area (Å²) in [5.41, 5.74) is 7.14. The van der Waals surface area contributed by atoms with E-state index in [2.05, 4.69) is 5.32 Å². The Balaban J connectivity index is 2.14. The lowest BCUT2D eigenvalue weighted by molar-refractivity contribution is -0.112. The molecule has 0 radical (unpaired) electrons. The number of anilines is 1. The molecule has 1 aromatic carbocycles. The molecule has 1 amide bonds. The lowest BCUT2D eigenvalue weighted by atomic mass is 10.1. The molecule has 0 aliphatic carbocycles. The molecule has 1 fully saturated rings. The number of rotatable bonds is 3. The third kappa shape index (κ3) is 2.52. The van der Waals surface area contributed by atoms with Gasteiger partial charge in [-0.3, -0.25) is 9.59 Å². The van der Waals surface area contributed by atoms with Gasteiger partial charge in [0, 0.05) is 18.2 Å². The molecule has 0 bridgehead atoms. The number of ether oxygens (including phenoxy) is 1. The predicted octanol–water partition coefficient (Wildman–Crippen LogP) is 1.17.